The number of aromatic nitrogens is 1. The predicted octanol–water partition coefficient (Wildman–Crippen LogP) is 2.51. The minimum absolute atomic E-state index is 0.244. The SMILES string of the molecule is O=C(NC[C@H]1CCN(c2ccc(F)c(F)c2)C1)NNc1ccccn1. The molecule has 1 atom stereocenters. The van der Waals surface area contributed by atoms with Crippen LogP contribution in [0.4, 0.5) is 25.1 Å². The van der Waals surface area contributed by atoms with Crippen LogP contribution in [0.5, 0.6) is 0 Å². The number of amides is 2. The maximum atomic E-state index is 13.3. The summed E-state index contributed by atoms with van der Waals surface area (Å²) in [7, 11) is 0. The molecule has 3 rings (SSSR count). The van der Waals surface area contributed by atoms with E-state index in [1.54, 1.807) is 30.5 Å². The molecule has 1 fully saturated rings. The Balaban J connectivity index is 1.42. The third-order valence-electron chi connectivity index (χ3n) is 4.07. The van der Waals surface area contributed by atoms with Crippen molar-refractivity contribution in [2.75, 3.05) is 30.0 Å². The molecule has 0 unspecified atom stereocenters. The molecule has 3 N–H and O–H groups in total. The molecule has 1 aromatic heterocycles. The van der Waals surface area contributed by atoms with Crippen LogP contribution in [-0.2, 0) is 0 Å². The molecule has 6 nitrogen and oxygen atoms in total. The molecule has 1 aromatic carbocycles. The zero-order chi connectivity index (χ0) is 17.6. The number of benzene rings is 1. The summed E-state index contributed by atoms with van der Waals surface area (Å²) < 4.78 is 26.3. The molecular weight excluding hydrogens is 328 g/mol. The minimum Gasteiger partial charge on any atom is -0.371 e. The van der Waals surface area contributed by atoms with E-state index >= 15 is 0 Å². The van der Waals surface area contributed by atoms with E-state index in [-0.39, 0.29) is 11.9 Å². The van der Waals surface area contributed by atoms with Gasteiger partial charge in [-0.1, -0.05) is 6.07 Å². The summed E-state index contributed by atoms with van der Waals surface area (Å²) in [5, 5.41) is 2.79. The van der Waals surface area contributed by atoms with Crippen molar-refractivity contribution >= 4 is 17.5 Å². The number of rotatable bonds is 5. The molecule has 132 valence electrons. The van der Waals surface area contributed by atoms with Crippen LogP contribution in [0.2, 0.25) is 0 Å². The lowest BCUT2D eigenvalue weighted by molar-refractivity contribution is 0.241. The van der Waals surface area contributed by atoms with Crippen molar-refractivity contribution in [1.29, 1.82) is 0 Å². The van der Waals surface area contributed by atoms with Crippen LogP contribution in [0.15, 0.2) is 42.6 Å². The second-order valence-corrected chi connectivity index (χ2v) is 5.87. The summed E-state index contributed by atoms with van der Waals surface area (Å²) in [5.41, 5.74) is 5.87. The van der Waals surface area contributed by atoms with Crippen molar-refractivity contribution in [2.45, 2.75) is 6.42 Å². The number of nitrogens with one attached hydrogen (secondary N) is 3. The monoisotopic (exact) mass is 347 g/mol. The lowest BCUT2D eigenvalue weighted by Gasteiger charge is -2.19. The standard InChI is InChI=1S/C17H19F2N5O/c18-14-5-4-13(9-15(14)19)24-8-6-12(11-24)10-21-17(25)23-22-16-3-1-2-7-20-16/h1-5,7,9,12H,6,8,10-11H2,(H,20,22)(H2,21,23,25)/t12-/m1/s1. The van der Waals surface area contributed by atoms with Gasteiger partial charge in [0.1, 0.15) is 5.82 Å². The second kappa shape index (κ2) is 7.78. The zero-order valence-corrected chi connectivity index (χ0v) is 13.5. The van der Waals surface area contributed by atoms with Gasteiger partial charge in [-0.05, 0) is 36.6 Å². The van der Waals surface area contributed by atoms with Crippen LogP contribution >= 0.6 is 0 Å². The average molecular weight is 347 g/mol. The van der Waals surface area contributed by atoms with Gasteiger partial charge < -0.3 is 10.2 Å². The van der Waals surface area contributed by atoms with E-state index in [1.807, 2.05) is 4.90 Å². The van der Waals surface area contributed by atoms with Gasteiger partial charge >= 0.3 is 6.03 Å². The second-order valence-electron chi connectivity index (χ2n) is 5.87. The number of urea groups is 1. The molecule has 1 aliphatic heterocycles. The molecule has 0 spiro atoms. The molecule has 2 heterocycles. The Morgan fingerprint density at radius 3 is 2.88 bits per heavy atom. The van der Waals surface area contributed by atoms with E-state index < -0.39 is 11.6 Å². The lowest BCUT2D eigenvalue weighted by Crippen LogP contribution is -2.41. The largest absolute Gasteiger partial charge is 0.371 e. The summed E-state index contributed by atoms with van der Waals surface area (Å²) in [6, 6.07) is 8.87. The topological polar surface area (TPSA) is 69.3 Å². The summed E-state index contributed by atoms with van der Waals surface area (Å²) >= 11 is 0. The van der Waals surface area contributed by atoms with Gasteiger partial charge in [0.25, 0.3) is 0 Å². The fourth-order valence-electron chi connectivity index (χ4n) is 2.75. The maximum absolute atomic E-state index is 13.3. The van der Waals surface area contributed by atoms with Gasteiger partial charge in [0.05, 0.1) is 0 Å². The average Bonchev–Trinajstić information content (AvgIpc) is 3.10. The van der Waals surface area contributed by atoms with Crippen LogP contribution < -0.4 is 21.1 Å². The smallest absolute Gasteiger partial charge is 0.333 e. The van der Waals surface area contributed by atoms with E-state index in [9.17, 15) is 13.6 Å². The third-order valence-corrected chi connectivity index (χ3v) is 4.07. The highest BCUT2D eigenvalue weighted by Gasteiger charge is 2.23. The highest BCUT2D eigenvalue weighted by Crippen LogP contribution is 2.24. The van der Waals surface area contributed by atoms with Gasteiger partial charge in [0.2, 0.25) is 0 Å². The molecule has 1 aliphatic rings. The summed E-state index contributed by atoms with van der Waals surface area (Å²) in [5.74, 6) is -0.908. The first-order chi connectivity index (χ1) is 12.1. The zero-order valence-electron chi connectivity index (χ0n) is 13.5. The fraction of sp³-hybridized carbons (Fsp3) is 0.294. The van der Waals surface area contributed by atoms with Gasteiger partial charge in [0.15, 0.2) is 11.6 Å². The van der Waals surface area contributed by atoms with Gasteiger partial charge in [-0.2, -0.15) is 0 Å². The number of carbonyl (C=O) groups is 1. The Hall–Kier alpha value is -2.90. The van der Waals surface area contributed by atoms with Gasteiger partial charge in [0, 0.05) is 37.6 Å². The molecule has 0 radical (unpaired) electrons. The Bertz CT molecular complexity index is 728. The fourth-order valence-corrected chi connectivity index (χ4v) is 2.75. The summed E-state index contributed by atoms with van der Waals surface area (Å²) in [6.45, 7) is 1.92. The van der Waals surface area contributed by atoms with Crippen molar-refractivity contribution < 1.29 is 13.6 Å². The van der Waals surface area contributed by atoms with Crippen LogP contribution in [0, 0.1) is 17.6 Å². The molecule has 0 aliphatic carbocycles. The first-order valence-electron chi connectivity index (χ1n) is 8.02. The molecule has 8 heteroatoms. The van der Waals surface area contributed by atoms with E-state index in [1.165, 1.54) is 6.07 Å². The first-order valence-corrected chi connectivity index (χ1v) is 8.02. The molecular formula is C17H19F2N5O. The Labute approximate surface area is 144 Å². The van der Waals surface area contributed by atoms with Crippen LogP contribution in [-0.4, -0.2) is 30.6 Å². The third kappa shape index (κ3) is 4.56. The van der Waals surface area contributed by atoms with Gasteiger partial charge in [-0.15, -0.1) is 0 Å². The lowest BCUT2D eigenvalue weighted by atomic mass is 10.1. The molecule has 2 aromatic rings. The summed E-state index contributed by atoms with van der Waals surface area (Å²) in [4.78, 5) is 17.8. The number of hydrogen-bond acceptors (Lipinski definition) is 4. The van der Waals surface area contributed by atoms with Crippen molar-refractivity contribution in [3.05, 3.63) is 54.2 Å². The molecule has 2 amide bonds. The number of halogens is 2. The number of hydrazine groups is 1. The van der Waals surface area contributed by atoms with Crippen molar-refractivity contribution in [1.82, 2.24) is 15.7 Å². The predicted molar refractivity (Wildman–Crippen MR) is 91.1 cm³/mol. The number of anilines is 2. The normalized spacial score (nSPS) is 16.6. The van der Waals surface area contributed by atoms with Crippen molar-refractivity contribution in [3.63, 3.8) is 0 Å². The van der Waals surface area contributed by atoms with Gasteiger partial charge in [-0.3, -0.25) is 10.9 Å². The number of carbonyl (C=O) groups excluding carboxylic acids is 1. The quantitative estimate of drug-likeness (QED) is 0.727. The van der Waals surface area contributed by atoms with E-state index in [0.717, 1.165) is 19.0 Å². The Morgan fingerprint density at radius 2 is 2.12 bits per heavy atom. The van der Waals surface area contributed by atoms with Crippen molar-refractivity contribution in [2.24, 2.45) is 5.92 Å². The van der Waals surface area contributed by atoms with E-state index in [4.69, 9.17) is 0 Å². The summed E-state index contributed by atoms with van der Waals surface area (Å²) in [6.07, 6.45) is 2.49. The molecule has 1 saturated heterocycles. The minimum atomic E-state index is -0.849. The number of pyridine rings is 1. The van der Waals surface area contributed by atoms with E-state index in [0.29, 0.717) is 24.6 Å². The number of nitrogens with zero attached hydrogens (tertiary/aromatic N) is 2. The highest BCUT2D eigenvalue weighted by atomic mass is 19.2. The first kappa shape index (κ1) is 16.9. The molecule has 0 bridgehead atoms. The molecule has 0 saturated carbocycles. The Morgan fingerprint density at radius 1 is 1.24 bits per heavy atom. The van der Waals surface area contributed by atoms with Crippen LogP contribution in [0.1, 0.15) is 6.42 Å². The number of hydrogen-bond donors (Lipinski definition) is 3. The Kier molecular flexibility index (Phi) is 5.27. The van der Waals surface area contributed by atoms with Gasteiger partial charge in [-0.25, -0.2) is 18.6 Å². The van der Waals surface area contributed by atoms with Crippen molar-refractivity contribution in [3.8, 4) is 0 Å². The van der Waals surface area contributed by atoms with Crippen LogP contribution in [0.3, 0.4) is 0 Å². The molecule has 25 heavy (non-hydrogen) atoms. The maximum Gasteiger partial charge on any atom is 0.333 e. The van der Waals surface area contributed by atoms with Crippen LogP contribution in [0.25, 0.3) is 0 Å². The highest BCUT2D eigenvalue weighted by molar-refractivity contribution is 5.75. The van der Waals surface area contributed by atoms with E-state index in [2.05, 4.69) is 21.2 Å².